The highest BCUT2D eigenvalue weighted by Crippen LogP contribution is 2.32. The monoisotopic (exact) mass is 221 g/mol. The summed E-state index contributed by atoms with van der Waals surface area (Å²) in [7, 11) is 0. The normalized spacial score (nSPS) is 18.7. The number of nitrogen functional groups attached to an aromatic ring is 1. The summed E-state index contributed by atoms with van der Waals surface area (Å²) in [5.74, 6) is 0. The lowest BCUT2D eigenvalue weighted by atomic mass is 10.2. The zero-order valence-electron chi connectivity index (χ0n) is 8.95. The van der Waals surface area contributed by atoms with Gasteiger partial charge in [0, 0.05) is 16.1 Å². The Morgan fingerprint density at radius 3 is 2.53 bits per heavy atom. The second-order valence-corrected chi connectivity index (χ2v) is 5.93. The quantitative estimate of drug-likeness (QED) is 0.717. The molecule has 1 heterocycles. The number of rotatable bonds is 1. The third-order valence-corrected chi connectivity index (χ3v) is 3.24. The number of hydrogen-bond donors (Lipinski definition) is 2. The van der Waals surface area contributed by atoms with Crippen molar-refractivity contribution in [3.05, 3.63) is 24.3 Å². The number of aliphatic imine (C=N–C) groups is 1. The van der Waals surface area contributed by atoms with Crippen LogP contribution in [0.3, 0.4) is 0 Å². The number of amidine groups is 1. The van der Waals surface area contributed by atoms with Gasteiger partial charge in [-0.2, -0.15) is 0 Å². The Morgan fingerprint density at radius 1 is 1.33 bits per heavy atom. The fourth-order valence-corrected chi connectivity index (χ4v) is 2.29. The lowest BCUT2D eigenvalue weighted by molar-refractivity contribution is 0.741. The summed E-state index contributed by atoms with van der Waals surface area (Å²) in [4.78, 5) is 4.44. The molecule has 15 heavy (non-hydrogen) atoms. The van der Waals surface area contributed by atoms with Crippen molar-refractivity contribution in [1.82, 2.24) is 0 Å². The van der Waals surface area contributed by atoms with Gasteiger partial charge in [0.25, 0.3) is 0 Å². The van der Waals surface area contributed by atoms with E-state index in [0.717, 1.165) is 23.1 Å². The molecule has 0 saturated heterocycles. The first-order valence-corrected chi connectivity index (χ1v) is 5.73. The Labute approximate surface area is 94.2 Å². The van der Waals surface area contributed by atoms with Gasteiger partial charge in [0.1, 0.15) is 0 Å². The van der Waals surface area contributed by atoms with Gasteiger partial charge in [-0.3, -0.25) is 4.99 Å². The Morgan fingerprint density at radius 2 is 2.00 bits per heavy atom. The lowest BCUT2D eigenvalue weighted by Crippen LogP contribution is -2.16. The first kappa shape index (κ1) is 10.4. The summed E-state index contributed by atoms with van der Waals surface area (Å²) in [6.45, 7) is 5.26. The molecule has 1 aromatic carbocycles. The van der Waals surface area contributed by atoms with E-state index in [1.165, 1.54) is 0 Å². The second-order valence-electron chi connectivity index (χ2n) is 4.23. The van der Waals surface area contributed by atoms with Crippen molar-refractivity contribution in [3.63, 3.8) is 0 Å². The van der Waals surface area contributed by atoms with Gasteiger partial charge >= 0.3 is 0 Å². The van der Waals surface area contributed by atoms with Gasteiger partial charge in [0.05, 0.1) is 6.54 Å². The summed E-state index contributed by atoms with van der Waals surface area (Å²) in [5.41, 5.74) is 7.43. The molecular weight excluding hydrogens is 206 g/mol. The fourth-order valence-electron chi connectivity index (χ4n) is 1.34. The fraction of sp³-hybridized carbons (Fsp3) is 0.364. The van der Waals surface area contributed by atoms with Crippen molar-refractivity contribution >= 4 is 28.3 Å². The van der Waals surface area contributed by atoms with E-state index >= 15 is 0 Å². The van der Waals surface area contributed by atoms with Crippen molar-refractivity contribution in [2.45, 2.75) is 18.6 Å². The highest BCUT2D eigenvalue weighted by atomic mass is 32.2. The van der Waals surface area contributed by atoms with E-state index in [1.54, 1.807) is 11.8 Å². The molecule has 0 radical (unpaired) electrons. The van der Waals surface area contributed by atoms with Crippen molar-refractivity contribution in [2.75, 3.05) is 17.6 Å². The van der Waals surface area contributed by atoms with Gasteiger partial charge in [-0.05, 0) is 38.1 Å². The highest BCUT2D eigenvalue weighted by molar-refractivity contribution is 8.15. The van der Waals surface area contributed by atoms with E-state index in [9.17, 15) is 0 Å². The topological polar surface area (TPSA) is 50.4 Å². The minimum atomic E-state index is 0.218. The first-order chi connectivity index (χ1) is 7.05. The Balaban J connectivity index is 2.02. The molecule has 0 saturated carbocycles. The molecule has 4 heteroatoms. The molecule has 0 bridgehead atoms. The maximum atomic E-state index is 5.61. The van der Waals surface area contributed by atoms with Crippen LogP contribution in [0.25, 0.3) is 0 Å². The molecule has 0 fully saturated rings. The van der Waals surface area contributed by atoms with Crippen LogP contribution in [-0.2, 0) is 0 Å². The molecule has 3 N–H and O–H groups in total. The molecule has 1 aromatic rings. The molecule has 0 spiro atoms. The van der Waals surface area contributed by atoms with Gasteiger partial charge in [-0.25, -0.2) is 0 Å². The molecule has 0 aromatic heterocycles. The molecule has 0 aliphatic carbocycles. The van der Waals surface area contributed by atoms with Gasteiger partial charge in [0.15, 0.2) is 5.17 Å². The summed E-state index contributed by atoms with van der Waals surface area (Å²) in [6.07, 6.45) is 0. The third-order valence-electron chi connectivity index (χ3n) is 2.14. The van der Waals surface area contributed by atoms with Crippen molar-refractivity contribution in [1.29, 1.82) is 0 Å². The molecule has 80 valence electrons. The molecule has 0 atom stereocenters. The van der Waals surface area contributed by atoms with Crippen LogP contribution in [0.4, 0.5) is 11.4 Å². The van der Waals surface area contributed by atoms with Crippen LogP contribution < -0.4 is 11.1 Å². The number of nitrogens with one attached hydrogen (secondary N) is 1. The van der Waals surface area contributed by atoms with E-state index in [2.05, 4.69) is 24.2 Å². The molecule has 0 amide bonds. The Kier molecular flexibility index (Phi) is 2.61. The minimum Gasteiger partial charge on any atom is -0.399 e. The average Bonchev–Trinajstić information content (AvgIpc) is 2.50. The average molecular weight is 221 g/mol. The molecular formula is C11H15N3S. The van der Waals surface area contributed by atoms with Crippen molar-refractivity contribution < 1.29 is 0 Å². The van der Waals surface area contributed by atoms with Gasteiger partial charge in [0.2, 0.25) is 0 Å². The smallest absolute Gasteiger partial charge is 0.161 e. The maximum absolute atomic E-state index is 5.61. The van der Waals surface area contributed by atoms with Crippen LogP contribution in [0.5, 0.6) is 0 Å². The van der Waals surface area contributed by atoms with Crippen molar-refractivity contribution in [3.8, 4) is 0 Å². The lowest BCUT2D eigenvalue weighted by Gasteiger charge is -2.14. The van der Waals surface area contributed by atoms with E-state index < -0.39 is 0 Å². The van der Waals surface area contributed by atoms with E-state index in [1.807, 2.05) is 24.3 Å². The van der Waals surface area contributed by atoms with Crippen LogP contribution in [-0.4, -0.2) is 16.5 Å². The van der Waals surface area contributed by atoms with E-state index in [4.69, 9.17) is 5.73 Å². The predicted octanol–water partition coefficient (Wildman–Crippen LogP) is 2.56. The molecule has 1 aliphatic heterocycles. The molecule has 1 aliphatic rings. The summed E-state index contributed by atoms with van der Waals surface area (Å²) in [5, 5.41) is 4.27. The standard InChI is InChI=1S/C11H15N3S/c1-11(2)7-13-10(15-11)14-9-5-3-8(12)4-6-9/h3-6H,7,12H2,1-2H3,(H,13,14). The second kappa shape index (κ2) is 3.77. The molecule has 2 rings (SSSR count). The van der Waals surface area contributed by atoms with Crippen LogP contribution in [0.1, 0.15) is 13.8 Å². The first-order valence-electron chi connectivity index (χ1n) is 4.91. The Bertz CT molecular complexity index is 381. The van der Waals surface area contributed by atoms with Crippen molar-refractivity contribution in [2.24, 2.45) is 4.99 Å². The SMILES string of the molecule is CC1(C)CN=C(Nc2ccc(N)cc2)S1. The number of nitrogens with two attached hydrogens (primary N) is 1. The van der Waals surface area contributed by atoms with Crippen LogP contribution in [0.15, 0.2) is 29.3 Å². The summed E-state index contributed by atoms with van der Waals surface area (Å²) >= 11 is 1.77. The number of nitrogens with zero attached hydrogens (tertiary/aromatic N) is 1. The van der Waals surface area contributed by atoms with Crippen LogP contribution >= 0.6 is 11.8 Å². The minimum absolute atomic E-state index is 0.218. The summed E-state index contributed by atoms with van der Waals surface area (Å²) < 4.78 is 0.218. The number of anilines is 2. The van der Waals surface area contributed by atoms with Gasteiger partial charge in [-0.15, -0.1) is 0 Å². The highest BCUT2D eigenvalue weighted by Gasteiger charge is 2.26. The molecule has 0 unspecified atom stereocenters. The maximum Gasteiger partial charge on any atom is 0.161 e. The zero-order chi connectivity index (χ0) is 10.9. The number of thioether (sulfide) groups is 1. The third kappa shape index (κ3) is 2.65. The van der Waals surface area contributed by atoms with Gasteiger partial charge < -0.3 is 11.1 Å². The van der Waals surface area contributed by atoms with E-state index in [0.29, 0.717) is 0 Å². The number of benzene rings is 1. The largest absolute Gasteiger partial charge is 0.399 e. The van der Waals surface area contributed by atoms with Crippen LogP contribution in [0, 0.1) is 0 Å². The zero-order valence-corrected chi connectivity index (χ0v) is 9.77. The molecule has 3 nitrogen and oxygen atoms in total. The summed E-state index contributed by atoms with van der Waals surface area (Å²) in [6, 6.07) is 7.69. The van der Waals surface area contributed by atoms with E-state index in [-0.39, 0.29) is 4.75 Å². The number of hydrogen-bond acceptors (Lipinski definition) is 4. The predicted molar refractivity (Wildman–Crippen MR) is 68.4 cm³/mol. The van der Waals surface area contributed by atoms with Gasteiger partial charge in [-0.1, -0.05) is 11.8 Å². The Hall–Kier alpha value is -1.16. The van der Waals surface area contributed by atoms with Crippen LogP contribution in [0.2, 0.25) is 0 Å².